The molecule has 0 saturated heterocycles. The van der Waals surface area contributed by atoms with E-state index in [1.54, 1.807) is 19.1 Å². The SMILES string of the molecule is CC(O)COc1ccccc1C(=O)CCc1ccccc1. The molecule has 110 valence electrons. The van der Waals surface area contributed by atoms with Crippen LogP contribution in [0.1, 0.15) is 29.3 Å². The first kappa shape index (κ1) is 15.3. The van der Waals surface area contributed by atoms with Gasteiger partial charge in [-0.05, 0) is 31.0 Å². The lowest BCUT2D eigenvalue weighted by Crippen LogP contribution is -2.14. The van der Waals surface area contributed by atoms with Crippen LogP contribution in [0.2, 0.25) is 0 Å². The van der Waals surface area contributed by atoms with Crippen molar-refractivity contribution in [2.24, 2.45) is 0 Å². The highest BCUT2D eigenvalue weighted by molar-refractivity contribution is 5.98. The first-order chi connectivity index (χ1) is 10.2. The summed E-state index contributed by atoms with van der Waals surface area (Å²) in [6.07, 6.45) is 0.598. The van der Waals surface area contributed by atoms with E-state index in [1.807, 2.05) is 42.5 Å². The van der Waals surface area contributed by atoms with Crippen LogP contribution >= 0.6 is 0 Å². The van der Waals surface area contributed by atoms with Crippen molar-refractivity contribution in [1.82, 2.24) is 0 Å². The lowest BCUT2D eigenvalue weighted by molar-refractivity contribution is 0.0966. The average molecular weight is 284 g/mol. The molecule has 3 heteroatoms. The maximum atomic E-state index is 12.3. The molecule has 1 atom stereocenters. The molecule has 0 bridgehead atoms. The summed E-state index contributed by atoms with van der Waals surface area (Å²) in [6.45, 7) is 1.84. The maximum absolute atomic E-state index is 12.3. The Bertz CT molecular complexity index is 576. The number of para-hydroxylation sites is 1. The van der Waals surface area contributed by atoms with Crippen LogP contribution in [0.5, 0.6) is 5.75 Å². The summed E-state index contributed by atoms with van der Waals surface area (Å²) < 4.78 is 5.50. The average Bonchev–Trinajstić information content (AvgIpc) is 2.52. The largest absolute Gasteiger partial charge is 0.490 e. The number of hydrogen-bond donors (Lipinski definition) is 1. The van der Waals surface area contributed by atoms with Gasteiger partial charge in [-0.2, -0.15) is 0 Å². The number of rotatable bonds is 7. The fraction of sp³-hybridized carbons (Fsp3) is 0.278. The fourth-order valence-corrected chi connectivity index (χ4v) is 2.07. The molecule has 0 spiro atoms. The molecule has 0 fully saturated rings. The lowest BCUT2D eigenvalue weighted by Gasteiger charge is -2.12. The van der Waals surface area contributed by atoms with Crippen LogP contribution in [0.25, 0.3) is 0 Å². The minimum absolute atomic E-state index is 0.0556. The third-order valence-electron chi connectivity index (χ3n) is 3.15. The van der Waals surface area contributed by atoms with Crippen LogP contribution in [0.4, 0.5) is 0 Å². The van der Waals surface area contributed by atoms with Gasteiger partial charge < -0.3 is 9.84 Å². The summed E-state index contributed by atoms with van der Waals surface area (Å²) in [7, 11) is 0. The van der Waals surface area contributed by atoms with Gasteiger partial charge in [-0.3, -0.25) is 4.79 Å². The van der Waals surface area contributed by atoms with Crippen molar-refractivity contribution >= 4 is 5.78 Å². The van der Waals surface area contributed by atoms with Crippen molar-refractivity contribution < 1.29 is 14.6 Å². The molecule has 2 aromatic rings. The van der Waals surface area contributed by atoms with Gasteiger partial charge >= 0.3 is 0 Å². The van der Waals surface area contributed by atoms with Crippen molar-refractivity contribution in [3.05, 3.63) is 65.7 Å². The molecule has 0 aromatic heterocycles. The number of aliphatic hydroxyl groups is 1. The van der Waals surface area contributed by atoms with Crippen LogP contribution < -0.4 is 4.74 Å². The molecule has 0 heterocycles. The first-order valence-corrected chi connectivity index (χ1v) is 7.14. The summed E-state index contributed by atoms with van der Waals surface area (Å²) in [5.74, 6) is 0.594. The van der Waals surface area contributed by atoms with Gasteiger partial charge in [0, 0.05) is 6.42 Å². The highest BCUT2D eigenvalue weighted by Crippen LogP contribution is 2.20. The van der Waals surface area contributed by atoms with E-state index >= 15 is 0 Å². The fourth-order valence-electron chi connectivity index (χ4n) is 2.07. The number of hydrogen-bond acceptors (Lipinski definition) is 3. The Kier molecular flexibility index (Phi) is 5.52. The Labute approximate surface area is 125 Å². The minimum atomic E-state index is -0.558. The van der Waals surface area contributed by atoms with Gasteiger partial charge in [0.2, 0.25) is 0 Å². The molecule has 0 aliphatic heterocycles. The second-order valence-corrected chi connectivity index (χ2v) is 5.06. The standard InChI is InChI=1S/C18H20O3/c1-14(19)13-21-18-10-6-5-9-16(18)17(20)12-11-15-7-3-2-4-8-15/h2-10,14,19H,11-13H2,1H3. The summed E-state index contributed by atoms with van der Waals surface area (Å²) in [5.41, 5.74) is 1.72. The van der Waals surface area contributed by atoms with Crippen LogP contribution in [-0.4, -0.2) is 23.6 Å². The number of Topliss-reactive ketones (excluding diaryl/α,β-unsaturated/α-hetero) is 1. The van der Waals surface area contributed by atoms with Gasteiger partial charge in [-0.25, -0.2) is 0 Å². The highest BCUT2D eigenvalue weighted by Gasteiger charge is 2.12. The number of ether oxygens (including phenoxy) is 1. The minimum Gasteiger partial charge on any atom is -0.490 e. The van der Waals surface area contributed by atoms with Gasteiger partial charge in [-0.15, -0.1) is 0 Å². The molecule has 0 amide bonds. The molecule has 0 radical (unpaired) electrons. The smallest absolute Gasteiger partial charge is 0.166 e. The topological polar surface area (TPSA) is 46.5 Å². The maximum Gasteiger partial charge on any atom is 0.166 e. The van der Waals surface area contributed by atoms with E-state index in [1.165, 1.54) is 0 Å². The predicted octanol–water partition coefficient (Wildman–Crippen LogP) is 3.26. The second kappa shape index (κ2) is 7.60. The number of aryl methyl sites for hydroxylation is 1. The molecule has 1 unspecified atom stereocenters. The van der Waals surface area contributed by atoms with E-state index in [4.69, 9.17) is 4.74 Å². The van der Waals surface area contributed by atoms with Gasteiger partial charge in [0.15, 0.2) is 5.78 Å². The number of benzene rings is 2. The van der Waals surface area contributed by atoms with Crippen molar-refractivity contribution in [1.29, 1.82) is 0 Å². The molecule has 21 heavy (non-hydrogen) atoms. The zero-order chi connectivity index (χ0) is 15.1. The van der Waals surface area contributed by atoms with E-state index in [9.17, 15) is 9.90 Å². The Morgan fingerprint density at radius 1 is 1.10 bits per heavy atom. The summed E-state index contributed by atoms with van der Waals surface area (Å²) in [4.78, 5) is 12.3. The van der Waals surface area contributed by atoms with Gasteiger partial charge in [0.1, 0.15) is 12.4 Å². The van der Waals surface area contributed by atoms with Crippen molar-refractivity contribution in [2.45, 2.75) is 25.9 Å². The van der Waals surface area contributed by atoms with Gasteiger partial charge in [0.25, 0.3) is 0 Å². The van der Waals surface area contributed by atoms with Crippen LogP contribution in [0, 0.1) is 0 Å². The lowest BCUT2D eigenvalue weighted by atomic mass is 10.0. The summed E-state index contributed by atoms with van der Waals surface area (Å²) >= 11 is 0. The van der Waals surface area contributed by atoms with E-state index in [2.05, 4.69) is 0 Å². The van der Waals surface area contributed by atoms with Gasteiger partial charge in [-0.1, -0.05) is 42.5 Å². The Balaban J connectivity index is 2.01. The zero-order valence-corrected chi connectivity index (χ0v) is 12.2. The molecule has 1 N–H and O–H groups in total. The summed E-state index contributed by atoms with van der Waals surface area (Å²) in [6, 6.07) is 17.1. The quantitative estimate of drug-likeness (QED) is 0.794. The molecule has 2 rings (SSSR count). The van der Waals surface area contributed by atoms with E-state index in [0.717, 1.165) is 5.56 Å². The van der Waals surface area contributed by atoms with Crippen LogP contribution in [-0.2, 0) is 6.42 Å². The summed E-state index contributed by atoms with van der Waals surface area (Å²) in [5, 5.41) is 9.29. The molecule has 0 aliphatic carbocycles. The third-order valence-corrected chi connectivity index (χ3v) is 3.15. The molecule has 0 saturated carbocycles. The van der Waals surface area contributed by atoms with Gasteiger partial charge in [0.05, 0.1) is 11.7 Å². The Morgan fingerprint density at radius 2 is 1.76 bits per heavy atom. The molecule has 0 aliphatic rings. The van der Waals surface area contributed by atoms with Crippen molar-refractivity contribution in [2.75, 3.05) is 6.61 Å². The predicted molar refractivity (Wildman–Crippen MR) is 82.7 cm³/mol. The Morgan fingerprint density at radius 3 is 2.48 bits per heavy atom. The molecule has 2 aromatic carbocycles. The van der Waals surface area contributed by atoms with Crippen LogP contribution in [0.15, 0.2) is 54.6 Å². The van der Waals surface area contributed by atoms with Crippen molar-refractivity contribution in [3.63, 3.8) is 0 Å². The normalized spacial score (nSPS) is 11.9. The third kappa shape index (κ3) is 4.72. The number of carbonyl (C=O) groups is 1. The molecular formula is C18H20O3. The van der Waals surface area contributed by atoms with Crippen molar-refractivity contribution in [3.8, 4) is 5.75 Å². The van der Waals surface area contributed by atoms with E-state index in [0.29, 0.717) is 24.2 Å². The van der Waals surface area contributed by atoms with E-state index in [-0.39, 0.29) is 12.4 Å². The molecule has 3 nitrogen and oxygen atoms in total. The monoisotopic (exact) mass is 284 g/mol. The Hall–Kier alpha value is -2.13. The number of carbonyl (C=O) groups excluding carboxylic acids is 1. The number of aliphatic hydroxyl groups excluding tert-OH is 1. The molecular weight excluding hydrogens is 264 g/mol. The zero-order valence-electron chi connectivity index (χ0n) is 12.2. The first-order valence-electron chi connectivity index (χ1n) is 7.14. The highest BCUT2D eigenvalue weighted by atomic mass is 16.5. The van der Waals surface area contributed by atoms with E-state index < -0.39 is 6.10 Å². The van der Waals surface area contributed by atoms with Crippen LogP contribution in [0.3, 0.4) is 0 Å². The number of ketones is 1. The second-order valence-electron chi connectivity index (χ2n) is 5.06.